The summed E-state index contributed by atoms with van der Waals surface area (Å²) >= 11 is 23.3. The van der Waals surface area contributed by atoms with E-state index in [1.165, 1.54) is 49.7 Å². The first kappa shape index (κ1) is 113. The van der Waals surface area contributed by atoms with Gasteiger partial charge in [-0.25, -0.2) is 19.1 Å². The second kappa shape index (κ2) is 49.3. The lowest BCUT2D eigenvalue weighted by Crippen LogP contribution is -2.64. The van der Waals surface area contributed by atoms with Gasteiger partial charge in [0.15, 0.2) is 71.9 Å². The number of unbranched alkanes of at least 4 members (excludes halogenated alkanes) is 1. The van der Waals surface area contributed by atoms with Gasteiger partial charge in [0.25, 0.3) is 0 Å². The third kappa shape index (κ3) is 26.1. The molecule has 3 fully saturated rings. The maximum absolute atomic E-state index is 16.6. The van der Waals surface area contributed by atoms with Crippen molar-refractivity contribution < 1.29 is 156 Å². The summed E-state index contributed by atoms with van der Waals surface area (Å²) in [6, 6.07) is 8.54. The number of aryl methyl sites for hydroxylation is 1. The number of carboxylic acids is 2. The minimum Gasteiger partial charge on any atom is -0.507 e. The maximum Gasteiger partial charge on any atom is 0.352 e. The number of aromatic nitrogens is 2. The van der Waals surface area contributed by atoms with Crippen LogP contribution < -0.4 is 67.5 Å². The number of halogens is 3. The van der Waals surface area contributed by atoms with Crippen molar-refractivity contribution in [2.45, 2.75) is 240 Å². The normalized spacial score (nSPS) is 25.7. The van der Waals surface area contributed by atoms with Crippen molar-refractivity contribution in [3.05, 3.63) is 173 Å². The van der Waals surface area contributed by atoms with Crippen molar-refractivity contribution >= 4 is 140 Å². The number of aliphatic hydroxyl groups excluding tert-OH is 6. The molecule has 11 heterocycles. The molecule has 20 atom stereocenters. The first-order valence-electron chi connectivity index (χ1n) is 48.4. The Bertz CT molecular complexity index is 6400. The van der Waals surface area contributed by atoms with Gasteiger partial charge in [0, 0.05) is 117 Å². The van der Waals surface area contributed by atoms with Crippen LogP contribution in [0.15, 0.2) is 120 Å². The Kier molecular flexibility index (Phi) is 37.2. The van der Waals surface area contributed by atoms with Gasteiger partial charge < -0.3 is 138 Å². The summed E-state index contributed by atoms with van der Waals surface area (Å²) in [5.41, 5.74) is 7.95. The molecule has 16 rings (SSSR count). The first-order chi connectivity index (χ1) is 71.3. The van der Waals surface area contributed by atoms with Crippen molar-refractivity contribution in [2.75, 3.05) is 39.1 Å². The lowest BCUT2D eigenvalue weighted by atomic mass is 9.84. The number of oxime groups is 1. The van der Waals surface area contributed by atoms with Crippen LogP contribution in [-0.4, -0.2) is 266 Å². The summed E-state index contributed by atoms with van der Waals surface area (Å²) in [5, 5.41) is 151. The number of pyridine rings is 1. The van der Waals surface area contributed by atoms with Gasteiger partial charge in [-0.1, -0.05) is 78.1 Å². The predicted molar refractivity (Wildman–Crippen MR) is 536 cm³/mol. The summed E-state index contributed by atoms with van der Waals surface area (Å²) in [5.74, 6) is -23.1. The number of thiazole rings is 1. The van der Waals surface area contributed by atoms with Crippen LogP contribution in [-0.2, 0) is 94.5 Å². The van der Waals surface area contributed by atoms with Crippen LogP contribution in [0.1, 0.15) is 185 Å². The number of benzene rings is 5. The molecule has 1 unspecified atom stereocenters. The van der Waals surface area contributed by atoms with E-state index in [0.717, 1.165) is 72.0 Å². The molecule has 2 aromatic heterocycles. The van der Waals surface area contributed by atoms with Crippen molar-refractivity contribution in [1.29, 1.82) is 0 Å². The fraction of sp³-hybridized carbons (Fsp3) is 0.465. The lowest BCUT2D eigenvalue weighted by molar-refractivity contribution is -0.689. The molecule has 9 aliphatic heterocycles. The molecule has 150 heavy (non-hydrogen) atoms. The number of nitrogens with two attached hydrogens (primary N) is 2. The number of nitrogens with one attached hydrogen (secondary N) is 7. The number of β-lactam (4-membered cyclic amide) rings is 1. The third-order valence-electron chi connectivity index (χ3n) is 26.9. The molecule has 804 valence electrons. The standard InChI is InChI=1S/C101H116Cl3N13O31S2/c1-44(2)28-61(107-6)94(135)113-79-64(122)32-51(35-72(105)125)92(133)111-76-50-33-69(144-67-21-18-48(83(79)127)30-59(67)102)88(148-100-89(87(131)86(130)71(42-118)146-100)147-74-39-101(5,106)90(132)45(3)143-74)70(34-50)145-68-22-19-49(31-60(68)103)84(128)81-95(136)112-77(98(138)139)56-37-63(121)58(85(129)75(56)55-29-47(17-20-62(55)120)54(36-65(76)123)93(134)114-81)40-108-23-12-15-53(119)14-8-9-16-73(126)109-24-13-27-142-115-78(80-91(104)150-46(4)110-80)66(124)38-57-96(137)117-82(99(140)141)52(43-149-97(57)117)41-116-25-10-7-11-26-116/h7,10-11,17-22,25-26,29-31,33-34,37,44-45,51,54,57,61,71,74,76-77,79,81,83-84,86-87,89-90,97,100,107-108,118,127-128,130-132H,8-9,12-16,23-24,27-28,32,35-36,38-43,106H2,1-6H3,(H11-,105,109,111,112,113,114,115,120,121,124,125,126,129,133,134,135,136,138,139,140,141)/p+1/t45-,51-,54+,57+,61+,71+,74-,76+,77-,79?,81-,83+,84+,86+,87-,89+,90+,97+,100-,101-/m0/s1. The Morgan fingerprint density at radius 3 is 2.06 bits per heavy atom. The number of ether oxygens (including phenoxy) is 6. The van der Waals surface area contributed by atoms with Crippen LogP contribution in [0.4, 0.5) is 0 Å². The number of primary amides is 1. The molecule has 3 saturated heterocycles. The zero-order valence-corrected chi connectivity index (χ0v) is 85.9. The van der Waals surface area contributed by atoms with E-state index >= 15 is 24.0 Å². The molecule has 11 bridgehead atoms. The molecule has 22 N–H and O–H groups in total. The molecule has 49 heteroatoms. The predicted octanol–water partition coefficient (Wildman–Crippen LogP) is 5.24. The number of hydrogen-bond acceptors (Lipinski definition) is 36. The molecule has 0 radical (unpaired) electrons. The zero-order chi connectivity index (χ0) is 108. The first-order valence-corrected chi connectivity index (χ1v) is 51.4. The molecule has 0 aliphatic carbocycles. The molecule has 7 amide bonds. The number of thioether (sulfide) groups is 1. The number of aliphatic hydroxyl groups is 6. The molecular formula is C101H117Cl3N13O31S2+. The lowest BCUT2D eigenvalue weighted by Gasteiger charge is -2.49. The Hall–Kier alpha value is -12.5. The number of aromatic hydroxyl groups is 3. The van der Waals surface area contributed by atoms with E-state index in [2.05, 4.69) is 47.4 Å². The molecule has 7 aromatic rings. The average molecular weight is 2180 g/mol. The molecule has 5 aromatic carbocycles. The molecule has 9 aliphatic rings. The van der Waals surface area contributed by atoms with Gasteiger partial charge >= 0.3 is 11.9 Å². The largest absolute Gasteiger partial charge is 0.507 e. The number of Topliss-reactive ketones (excluding diaryl/α,β-unsaturated/α-hetero) is 4. The molecule has 0 spiro atoms. The smallest absolute Gasteiger partial charge is 0.352 e. The minimum atomic E-state index is -2.38. The van der Waals surface area contributed by atoms with Gasteiger partial charge in [0.1, 0.15) is 106 Å². The summed E-state index contributed by atoms with van der Waals surface area (Å²) < 4.78 is 40.8. The Morgan fingerprint density at radius 2 is 1.43 bits per heavy atom. The number of hydrogen-bond donors (Lipinski definition) is 20. The fourth-order valence-corrected chi connectivity index (χ4v) is 21.9. The summed E-state index contributed by atoms with van der Waals surface area (Å²) in [7, 11) is 1.48. The highest BCUT2D eigenvalue weighted by atomic mass is 35.5. The Labute approximate surface area is 881 Å². The van der Waals surface area contributed by atoms with Gasteiger partial charge in [-0.2, -0.15) is 0 Å². The van der Waals surface area contributed by atoms with Crippen LogP contribution in [0.3, 0.4) is 0 Å². The van der Waals surface area contributed by atoms with Gasteiger partial charge in [-0.15, -0.1) is 23.1 Å². The van der Waals surface area contributed by atoms with Crippen LogP contribution in [0, 0.1) is 24.7 Å². The van der Waals surface area contributed by atoms with Crippen molar-refractivity contribution in [3.63, 3.8) is 0 Å². The number of aliphatic carboxylic acids is 2. The number of phenols is 3. The topological polar surface area (TPSA) is 678 Å². The number of amides is 7. The van der Waals surface area contributed by atoms with Crippen LogP contribution in [0.2, 0.25) is 14.4 Å². The highest BCUT2D eigenvalue weighted by Gasteiger charge is 2.56. The highest BCUT2D eigenvalue weighted by molar-refractivity contribution is 8.00. The summed E-state index contributed by atoms with van der Waals surface area (Å²) in [6.45, 7) is 7.17. The average Bonchev–Trinajstić information content (AvgIpc) is 0.735. The van der Waals surface area contributed by atoms with E-state index in [-0.39, 0.29) is 150 Å². The van der Waals surface area contributed by atoms with E-state index in [1.807, 2.05) is 19.9 Å². The molecule has 44 nitrogen and oxygen atoms in total. The number of carboxylic acid groups (broad SMARTS) is 2. The quantitative estimate of drug-likeness (QED) is 0.00784. The summed E-state index contributed by atoms with van der Waals surface area (Å²) in [4.78, 5) is 198. The maximum atomic E-state index is 16.6. The SMILES string of the molecule is CN[C@H](CC(C)C)C(=O)NC1C(=O)C[C@@H](CC(N)=O)C(=O)N[C@H]2C(=O)C[C@H]3C(=O)N[C@H](C(=O)N[C@H](C(=O)O)c4cc(O)c(CNCCCC(=O)CCCCC(=O)NCCCO/N=C(\C(=O)C[C@@H]5C(=O)N6C(C(=O)O)=C(C[n+]7ccccc7)CS[C@H]56)c5nc(C)sc5Cl)c(O)c4-c4cc3ccc4O)[C@H](O)c3ccc(c(Cl)c3)Oc3cc2cc(c3O[C@@H]2O[C@H](CO)[C@@H](O)[C@H](O)[C@H]2O[C@H]2C[C@](C)(N)[C@H](O)[C@H](C)O2)Oc2ccc(cc2Cl)[C@H]1O. The van der Waals surface area contributed by atoms with E-state index in [4.69, 9.17) is 79.5 Å². The van der Waals surface area contributed by atoms with Gasteiger partial charge in [0.05, 0.1) is 68.6 Å². The number of rotatable bonds is 36. The van der Waals surface area contributed by atoms with E-state index in [0.29, 0.717) is 29.2 Å². The van der Waals surface area contributed by atoms with Crippen LogP contribution in [0.25, 0.3) is 11.1 Å². The van der Waals surface area contributed by atoms with Gasteiger partial charge in [-0.05, 0) is 143 Å². The summed E-state index contributed by atoms with van der Waals surface area (Å²) in [6.07, 6.45) is -16.7. The monoisotopic (exact) mass is 2180 g/mol. The third-order valence-corrected chi connectivity index (χ3v) is 30.0. The fourth-order valence-electron chi connectivity index (χ4n) is 19.0. The van der Waals surface area contributed by atoms with Gasteiger partial charge in [-0.3, -0.25) is 57.6 Å². The Balaban J connectivity index is 0.724. The van der Waals surface area contributed by atoms with E-state index in [9.17, 15) is 94.5 Å². The zero-order valence-electron chi connectivity index (χ0n) is 82.0. The number of phenolic OH excluding ortho intramolecular Hbond substituents is 3. The second-order valence-electron chi connectivity index (χ2n) is 38.4. The second-order valence-corrected chi connectivity index (χ2v) is 42.1. The highest BCUT2D eigenvalue weighted by Crippen LogP contribution is 2.53. The van der Waals surface area contributed by atoms with Crippen molar-refractivity contribution in [3.8, 4) is 57.1 Å². The molecule has 0 saturated carbocycles. The number of fused-ring (bicyclic) bond motifs is 16. The number of ketones is 4. The van der Waals surface area contributed by atoms with Crippen molar-refractivity contribution in [2.24, 2.45) is 34.4 Å². The van der Waals surface area contributed by atoms with Crippen LogP contribution >= 0.6 is 57.9 Å². The van der Waals surface area contributed by atoms with Gasteiger partial charge in [0.2, 0.25) is 53.4 Å². The van der Waals surface area contributed by atoms with Crippen molar-refractivity contribution in [1.82, 2.24) is 47.1 Å². The number of carbonyl (C=O) groups excluding carboxylic acids is 11. The van der Waals surface area contributed by atoms with E-state index in [1.54, 1.807) is 36.0 Å². The minimum absolute atomic E-state index is 0.000995. The Morgan fingerprint density at radius 1 is 0.753 bits per heavy atom. The number of carbonyl (C=O) groups is 13. The van der Waals surface area contributed by atoms with Crippen LogP contribution in [0.5, 0.6) is 46.0 Å². The number of likely N-dealkylation sites (N-methyl/N-ethyl adjacent to an activating group) is 1. The van der Waals surface area contributed by atoms with E-state index < -0.39 is 285 Å². The molecular weight excluding hydrogens is 2060 g/mol. The number of nitrogens with zero attached hydrogens (tertiary/aromatic N) is 4.